The predicted molar refractivity (Wildman–Crippen MR) is 88.5 cm³/mol. The number of hydrazone groups is 1. The number of anilines is 1. The summed E-state index contributed by atoms with van der Waals surface area (Å²) in [7, 11) is 0. The second-order valence-corrected chi connectivity index (χ2v) is 5.02. The van der Waals surface area contributed by atoms with Gasteiger partial charge >= 0.3 is 0 Å². The minimum Gasteiger partial charge on any atom is -0.460 e. The molecule has 0 aliphatic rings. The first kappa shape index (κ1) is 16.5. The number of amides is 2. The second-order valence-electron chi connectivity index (χ2n) is 5.02. The summed E-state index contributed by atoms with van der Waals surface area (Å²) in [5.74, 6) is 0.967. The van der Waals surface area contributed by atoms with Crippen molar-refractivity contribution < 1.29 is 14.0 Å². The quantitative estimate of drug-likeness (QED) is 0.635. The van der Waals surface area contributed by atoms with Crippen LogP contribution in [0.25, 0.3) is 0 Å². The predicted octanol–water partition coefficient (Wildman–Crippen LogP) is 3.09. The zero-order valence-electron chi connectivity index (χ0n) is 13.1. The summed E-state index contributed by atoms with van der Waals surface area (Å²) >= 11 is 0. The largest absolute Gasteiger partial charge is 0.460 e. The molecule has 1 heterocycles. The molecule has 0 aliphatic carbocycles. The monoisotopic (exact) mass is 313 g/mol. The molecule has 6 nitrogen and oxygen atoms in total. The molecular formula is C17H19N3O3. The Bertz CT molecular complexity index is 702. The highest BCUT2D eigenvalue weighted by atomic mass is 16.3. The van der Waals surface area contributed by atoms with Gasteiger partial charge in [-0.2, -0.15) is 5.10 Å². The highest BCUT2D eigenvalue weighted by molar-refractivity contribution is 5.96. The van der Waals surface area contributed by atoms with Crippen LogP contribution in [0.3, 0.4) is 0 Å². The molecule has 2 N–H and O–H groups in total. The molecule has 0 unspecified atom stereocenters. The Hall–Kier alpha value is -2.89. The van der Waals surface area contributed by atoms with E-state index in [1.807, 2.05) is 19.9 Å². The molecule has 0 spiro atoms. The average molecular weight is 313 g/mol. The first-order valence-corrected chi connectivity index (χ1v) is 7.38. The molecule has 0 radical (unpaired) electrons. The summed E-state index contributed by atoms with van der Waals surface area (Å²) in [6.45, 7) is 3.77. The fourth-order valence-corrected chi connectivity index (χ4v) is 1.90. The lowest BCUT2D eigenvalue weighted by atomic mass is 10.2. The minimum absolute atomic E-state index is 0.0388. The van der Waals surface area contributed by atoms with Crippen molar-refractivity contribution in [3.63, 3.8) is 0 Å². The number of hydrogen-bond acceptors (Lipinski definition) is 4. The fourth-order valence-electron chi connectivity index (χ4n) is 1.90. The third-order valence-corrected chi connectivity index (χ3v) is 3.03. The van der Waals surface area contributed by atoms with Crippen molar-refractivity contribution >= 4 is 23.7 Å². The van der Waals surface area contributed by atoms with Gasteiger partial charge in [-0.3, -0.25) is 9.59 Å². The van der Waals surface area contributed by atoms with Crippen molar-refractivity contribution in [3.8, 4) is 0 Å². The summed E-state index contributed by atoms with van der Waals surface area (Å²) in [4.78, 5) is 23.4. The molecule has 2 aromatic rings. The van der Waals surface area contributed by atoms with Crippen LogP contribution in [0.1, 0.15) is 41.6 Å². The topological polar surface area (TPSA) is 83.7 Å². The number of aryl methyl sites for hydroxylation is 1. The molecule has 6 heteroatoms. The molecule has 0 fully saturated rings. The number of nitrogens with one attached hydrogen (secondary N) is 2. The van der Waals surface area contributed by atoms with Gasteiger partial charge in [0, 0.05) is 17.7 Å². The first-order chi connectivity index (χ1) is 11.1. The number of benzene rings is 1. The molecule has 120 valence electrons. The number of carbonyl (C=O) groups excluding carboxylic acids is 2. The number of hydrogen-bond donors (Lipinski definition) is 2. The molecule has 0 atom stereocenters. The van der Waals surface area contributed by atoms with Crippen molar-refractivity contribution in [1.29, 1.82) is 0 Å². The van der Waals surface area contributed by atoms with E-state index in [1.54, 1.807) is 30.3 Å². The van der Waals surface area contributed by atoms with E-state index >= 15 is 0 Å². The maximum atomic E-state index is 11.9. The van der Waals surface area contributed by atoms with Crippen LogP contribution in [0, 0.1) is 6.92 Å². The highest BCUT2D eigenvalue weighted by Crippen LogP contribution is 2.10. The zero-order chi connectivity index (χ0) is 16.7. The smallest absolute Gasteiger partial charge is 0.271 e. The van der Waals surface area contributed by atoms with Crippen molar-refractivity contribution in [2.24, 2.45) is 5.10 Å². The molecule has 2 rings (SSSR count). The Morgan fingerprint density at radius 3 is 2.52 bits per heavy atom. The van der Waals surface area contributed by atoms with Gasteiger partial charge in [-0.1, -0.05) is 6.92 Å². The summed E-state index contributed by atoms with van der Waals surface area (Å²) in [6, 6.07) is 10.2. The molecule has 0 bridgehead atoms. The summed E-state index contributed by atoms with van der Waals surface area (Å²) in [5, 5.41) is 6.60. The van der Waals surface area contributed by atoms with Crippen LogP contribution in [-0.4, -0.2) is 18.0 Å². The third kappa shape index (κ3) is 5.10. The Morgan fingerprint density at radius 2 is 1.91 bits per heavy atom. The second kappa shape index (κ2) is 7.93. The van der Waals surface area contributed by atoms with Crippen LogP contribution < -0.4 is 10.7 Å². The Kier molecular flexibility index (Phi) is 5.68. The van der Waals surface area contributed by atoms with Crippen LogP contribution in [0.4, 0.5) is 5.69 Å². The van der Waals surface area contributed by atoms with Crippen molar-refractivity contribution in [3.05, 3.63) is 53.5 Å². The molecular weight excluding hydrogens is 294 g/mol. The number of carbonyl (C=O) groups is 2. The Labute approximate surface area is 134 Å². The van der Waals surface area contributed by atoms with Crippen LogP contribution in [-0.2, 0) is 4.79 Å². The number of nitrogens with zero attached hydrogens (tertiary/aromatic N) is 1. The van der Waals surface area contributed by atoms with Crippen LogP contribution >= 0.6 is 0 Å². The van der Waals surface area contributed by atoms with E-state index in [9.17, 15) is 9.59 Å². The van der Waals surface area contributed by atoms with Crippen molar-refractivity contribution in [2.75, 3.05) is 5.32 Å². The van der Waals surface area contributed by atoms with E-state index in [2.05, 4.69) is 15.8 Å². The molecule has 2 amide bonds. The fraction of sp³-hybridized carbons (Fsp3) is 0.235. The molecule has 1 aromatic heterocycles. The van der Waals surface area contributed by atoms with Gasteiger partial charge in [-0.15, -0.1) is 0 Å². The van der Waals surface area contributed by atoms with Gasteiger partial charge < -0.3 is 9.73 Å². The maximum absolute atomic E-state index is 11.9. The van der Waals surface area contributed by atoms with Gasteiger partial charge in [0.15, 0.2) is 0 Å². The lowest BCUT2D eigenvalue weighted by Crippen LogP contribution is -2.17. The van der Waals surface area contributed by atoms with Crippen molar-refractivity contribution in [2.45, 2.75) is 26.7 Å². The molecule has 1 aromatic carbocycles. The minimum atomic E-state index is -0.337. The van der Waals surface area contributed by atoms with Crippen LogP contribution in [0.2, 0.25) is 0 Å². The summed E-state index contributed by atoms with van der Waals surface area (Å²) in [6.07, 6.45) is 2.70. The standard InChI is InChI=1S/C17H19N3O3/c1-3-4-16(21)19-14-8-6-13(7-9-14)17(22)20-18-11-15-10-5-12(2)23-15/h5-11H,3-4H2,1-2H3,(H,19,21)(H,20,22)/b18-11+. The van der Waals surface area contributed by atoms with Gasteiger partial charge in [-0.25, -0.2) is 5.43 Å². The molecule has 0 saturated carbocycles. The van der Waals surface area contributed by atoms with Crippen molar-refractivity contribution in [1.82, 2.24) is 5.43 Å². The van der Waals surface area contributed by atoms with Crippen LogP contribution in [0.15, 0.2) is 45.9 Å². The highest BCUT2D eigenvalue weighted by Gasteiger charge is 2.05. The summed E-state index contributed by atoms with van der Waals surface area (Å²) < 4.78 is 5.30. The maximum Gasteiger partial charge on any atom is 0.271 e. The van der Waals surface area contributed by atoms with E-state index < -0.39 is 0 Å². The van der Waals surface area contributed by atoms with E-state index in [4.69, 9.17) is 4.42 Å². The van der Waals surface area contributed by atoms with Gasteiger partial charge in [0.05, 0.1) is 6.21 Å². The van der Waals surface area contributed by atoms with Gasteiger partial charge in [-0.05, 0) is 49.7 Å². The van der Waals surface area contributed by atoms with Gasteiger partial charge in [0.1, 0.15) is 11.5 Å². The van der Waals surface area contributed by atoms with Gasteiger partial charge in [0.2, 0.25) is 5.91 Å². The Balaban J connectivity index is 1.89. The molecule has 0 saturated heterocycles. The molecule has 23 heavy (non-hydrogen) atoms. The SMILES string of the molecule is CCCC(=O)Nc1ccc(C(=O)N/N=C/c2ccc(C)o2)cc1. The first-order valence-electron chi connectivity index (χ1n) is 7.38. The number of furan rings is 1. The average Bonchev–Trinajstić information content (AvgIpc) is 2.93. The normalized spacial score (nSPS) is 10.7. The van der Waals surface area contributed by atoms with Crippen LogP contribution in [0.5, 0.6) is 0 Å². The van der Waals surface area contributed by atoms with E-state index in [0.717, 1.165) is 12.2 Å². The van der Waals surface area contributed by atoms with E-state index in [1.165, 1.54) is 6.21 Å². The lowest BCUT2D eigenvalue weighted by molar-refractivity contribution is -0.116. The zero-order valence-corrected chi connectivity index (χ0v) is 13.1. The lowest BCUT2D eigenvalue weighted by Gasteiger charge is -2.05. The molecule has 0 aliphatic heterocycles. The Morgan fingerprint density at radius 1 is 1.17 bits per heavy atom. The van der Waals surface area contributed by atoms with E-state index in [0.29, 0.717) is 23.4 Å². The third-order valence-electron chi connectivity index (χ3n) is 3.03. The number of rotatable bonds is 6. The van der Waals surface area contributed by atoms with Gasteiger partial charge in [0.25, 0.3) is 5.91 Å². The summed E-state index contributed by atoms with van der Waals surface area (Å²) in [5.41, 5.74) is 3.53. The van der Waals surface area contributed by atoms with E-state index in [-0.39, 0.29) is 11.8 Å².